The fourth-order valence-corrected chi connectivity index (χ4v) is 6.23. The van der Waals surface area contributed by atoms with E-state index in [1.165, 1.54) is 4.90 Å². The Hall–Kier alpha value is -5.57. The summed E-state index contributed by atoms with van der Waals surface area (Å²) in [6.07, 6.45) is 0.402. The summed E-state index contributed by atoms with van der Waals surface area (Å²) in [5, 5.41) is 3.95. The molecule has 1 saturated heterocycles. The van der Waals surface area contributed by atoms with Gasteiger partial charge in [-0.25, -0.2) is 9.69 Å². The zero-order valence-corrected chi connectivity index (χ0v) is 24.2. The number of hydrogen-bond donors (Lipinski definition) is 2. The predicted octanol–water partition coefficient (Wildman–Crippen LogP) is 5.60. The van der Waals surface area contributed by atoms with Gasteiger partial charge in [0.15, 0.2) is 0 Å². The first kappa shape index (κ1) is 27.3. The number of methoxy groups -OCH3 is 2. The largest absolute Gasteiger partial charge is 0.497 e. The lowest BCUT2D eigenvalue weighted by Crippen LogP contribution is -2.44. The van der Waals surface area contributed by atoms with Gasteiger partial charge in [0.2, 0.25) is 0 Å². The molecule has 2 aliphatic rings. The van der Waals surface area contributed by atoms with Gasteiger partial charge >= 0.3 is 6.03 Å². The Morgan fingerprint density at radius 2 is 1.52 bits per heavy atom. The smallest absolute Gasteiger partial charge is 0.332 e. The van der Waals surface area contributed by atoms with E-state index in [9.17, 15) is 14.4 Å². The monoisotopic (exact) mass is 586 g/mol. The first-order chi connectivity index (χ1) is 21.5. The molecule has 0 saturated carbocycles. The van der Waals surface area contributed by atoms with E-state index in [1.54, 1.807) is 43.4 Å². The number of carbonyl (C=O) groups excluding carboxylic acids is 3. The maximum absolute atomic E-state index is 14.1. The summed E-state index contributed by atoms with van der Waals surface area (Å²) in [4.78, 5) is 47.4. The number of amides is 4. The van der Waals surface area contributed by atoms with Gasteiger partial charge < -0.3 is 19.8 Å². The van der Waals surface area contributed by atoms with Crippen LogP contribution in [0.3, 0.4) is 0 Å². The van der Waals surface area contributed by atoms with Gasteiger partial charge in [-0.05, 0) is 71.3 Å². The Morgan fingerprint density at radius 1 is 0.864 bits per heavy atom. The third kappa shape index (κ3) is 4.53. The molecule has 0 aliphatic carbocycles. The van der Waals surface area contributed by atoms with Crippen molar-refractivity contribution in [3.8, 4) is 11.5 Å². The highest BCUT2D eigenvalue weighted by Crippen LogP contribution is 2.45. The van der Waals surface area contributed by atoms with Crippen LogP contribution in [0.15, 0.2) is 97.1 Å². The van der Waals surface area contributed by atoms with E-state index in [4.69, 9.17) is 9.47 Å². The van der Waals surface area contributed by atoms with E-state index in [0.29, 0.717) is 30.0 Å². The van der Waals surface area contributed by atoms with Crippen LogP contribution in [-0.4, -0.2) is 48.0 Å². The molecule has 0 radical (unpaired) electrons. The fourth-order valence-electron chi connectivity index (χ4n) is 6.23. The lowest BCUT2D eigenvalue weighted by molar-refractivity contribution is -0.120. The quantitative estimate of drug-likeness (QED) is 0.242. The third-order valence-corrected chi connectivity index (χ3v) is 8.48. The number of aromatic amines is 1. The van der Waals surface area contributed by atoms with Crippen molar-refractivity contribution in [2.45, 2.75) is 25.0 Å². The molecule has 2 aliphatic heterocycles. The fraction of sp³-hybridized carbons (Fsp3) is 0.171. The topological polar surface area (TPSA) is 104 Å². The molecule has 0 bridgehead atoms. The predicted molar refractivity (Wildman–Crippen MR) is 166 cm³/mol. The zero-order valence-electron chi connectivity index (χ0n) is 24.2. The number of benzene rings is 4. The van der Waals surface area contributed by atoms with Gasteiger partial charge in [-0.3, -0.25) is 14.5 Å². The van der Waals surface area contributed by atoms with Gasteiger partial charge in [-0.1, -0.05) is 42.5 Å². The number of ether oxygens (including phenoxy) is 2. The molecule has 2 N–H and O–H groups in total. The van der Waals surface area contributed by atoms with Gasteiger partial charge in [0, 0.05) is 35.1 Å². The van der Waals surface area contributed by atoms with Gasteiger partial charge in [0.25, 0.3) is 11.8 Å². The zero-order chi connectivity index (χ0) is 30.4. The van der Waals surface area contributed by atoms with E-state index < -0.39 is 18.1 Å². The number of nitrogens with zero attached hydrogens (tertiary/aromatic N) is 2. The lowest BCUT2D eigenvalue weighted by Gasteiger charge is -2.36. The molecule has 7 rings (SSSR count). The second-order valence-electron chi connectivity index (χ2n) is 10.9. The van der Waals surface area contributed by atoms with Crippen molar-refractivity contribution < 1.29 is 23.9 Å². The number of carbonyl (C=O) groups is 3. The van der Waals surface area contributed by atoms with Gasteiger partial charge in [-0.15, -0.1) is 0 Å². The summed E-state index contributed by atoms with van der Waals surface area (Å²) in [6.45, 7) is 0.353. The number of fused-ring (bicyclic) bond motifs is 4. The molecule has 44 heavy (non-hydrogen) atoms. The number of hydrogen-bond acceptors (Lipinski definition) is 5. The van der Waals surface area contributed by atoms with Crippen molar-refractivity contribution >= 4 is 34.4 Å². The number of nitrogens with one attached hydrogen (secondary N) is 2. The van der Waals surface area contributed by atoms with Crippen molar-refractivity contribution in [1.29, 1.82) is 0 Å². The van der Waals surface area contributed by atoms with Crippen LogP contribution < -0.4 is 19.7 Å². The molecule has 5 aromatic rings. The molecule has 1 aromatic heterocycles. The van der Waals surface area contributed by atoms with Crippen LogP contribution in [0.5, 0.6) is 11.5 Å². The normalized spacial score (nSPS) is 17.4. The summed E-state index contributed by atoms with van der Waals surface area (Å²) >= 11 is 0. The van der Waals surface area contributed by atoms with E-state index >= 15 is 0 Å². The lowest BCUT2D eigenvalue weighted by atomic mass is 9.89. The summed E-state index contributed by atoms with van der Waals surface area (Å²) in [7, 11) is 3.21. The Bertz CT molecular complexity index is 1880. The standard InChI is InChI=1S/C35H30N4O5/c1-43-25-15-7-21(8-16-25)20-36-33(40)23-9-13-24(14-10-23)38-34(41)30-19-28-27-5-3-4-6-29(27)37-31(28)32(39(30)35(38)42)22-11-17-26(44-2)18-12-22/h3-18,30,32,37H,19-20H2,1-2H3,(H,36,40)/t30-,32+/m0/s1. The minimum absolute atomic E-state index is 0.256. The van der Waals surface area contributed by atoms with E-state index in [2.05, 4.69) is 10.3 Å². The third-order valence-electron chi connectivity index (χ3n) is 8.48. The molecule has 4 amide bonds. The van der Waals surface area contributed by atoms with Crippen LogP contribution in [0, 0.1) is 0 Å². The summed E-state index contributed by atoms with van der Waals surface area (Å²) in [5.41, 5.74) is 5.56. The molecule has 0 spiro atoms. The molecule has 0 unspecified atom stereocenters. The Labute approximate surface area is 254 Å². The Kier molecular flexibility index (Phi) is 6.77. The maximum Gasteiger partial charge on any atom is 0.332 e. The number of H-pyrrole nitrogens is 1. The number of urea groups is 1. The minimum Gasteiger partial charge on any atom is -0.497 e. The molecular formula is C35H30N4O5. The summed E-state index contributed by atoms with van der Waals surface area (Å²) < 4.78 is 10.5. The van der Waals surface area contributed by atoms with E-state index in [1.807, 2.05) is 72.8 Å². The molecule has 3 heterocycles. The number of anilines is 1. The van der Waals surface area contributed by atoms with Crippen molar-refractivity contribution in [1.82, 2.24) is 15.2 Å². The average molecular weight is 587 g/mol. The first-order valence-corrected chi connectivity index (χ1v) is 14.4. The number of rotatable bonds is 7. The highest BCUT2D eigenvalue weighted by Gasteiger charge is 2.53. The number of imide groups is 1. The van der Waals surface area contributed by atoms with Crippen LogP contribution in [0.1, 0.15) is 38.8 Å². The molecule has 1 fully saturated rings. The Morgan fingerprint density at radius 3 is 2.20 bits per heavy atom. The molecule has 9 heteroatoms. The molecular weight excluding hydrogens is 556 g/mol. The molecule has 9 nitrogen and oxygen atoms in total. The van der Waals surface area contributed by atoms with Crippen molar-refractivity contribution in [3.05, 3.63) is 125 Å². The SMILES string of the molecule is COc1ccc(CNC(=O)c2ccc(N3C(=O)[C@@H]4Cc5c([nH]c6ccccc56)[C@@H](c5ccc(OC)cc5)N4C3=O)cc2)cc1. The molecule has 220 valence electrons. The van der Waals surface area contributed by atoms with E-state index in [0.717, 1.165) is 39.0 Å². The number of aromatic nitrogens is 1. The van der Waals surface area contributed by atoms with Crippen LogP contribution in [0.25, 0.3) is 10.9 Å². The second-order valence-corrected chi connectivity index (χ2v) is 10.9. The van der Waals surface area contributed by atoms with Crippen LogP contribution in [0.4, 0.5) is 10.5 Å². The minimum atomic E-state index is -0.672. The number of para-hydroxylation sites is 1. The van der Waals surface area contributed by atoms with Gasteiger partial charge in [-0.2, -0.15) is 0 Å². The molecule has 4 aromatic carbocycles. The van der Waals surface area contributed by atoms with Gasteiger partial charge in [0.1, 0.15) is 23.6 Å². The highest BCUT2D eigenvalue weighted by atomic mass is 16.5. The van der Waals surface area contributed by atoms with Crippen molar-refractivity contribution in [2.75, 3.05) is 19.1 Å². The van der Waals surface area contributed by atoms with Crippen LogP contribution >= 0.6 is 0 Å². The van der Waals surface area contributed by atoms with E-state index in [-0.39, 0.29) is 11.8 Å². The molecule has 2 atom stereocenters. The first-order valence-electron chi connectivity index (χ1n) is 14.4. The Balaban J connectivity index is 1.17. The van der Waals surface area contributed by atoms with Crippen molar-refractivity contribution in [3.63, 3.8) is 0 Å². The second kappa shape index (κ2) is 10.9. The average Bonchev–Trinajstić information content (AvgIpc) is 3.56. The van der Waals surface area contributed by atoms with Crippen LogP contribution in [0.2, 0.25) is 0 Å². The summed E-state index contributed by atoms with van der Waals surface area (Å²) in [5.74, 6) is 0.904. The van der Waals surface area contributed by atoms with Gasteiger partial charge in [0.05, 0.1) is 19.9 Å². The summed E-state index contributed by atoms with van der Waals surface area (Å²) in [6, 6.07) is 28.0. The maximum atomic E-state index is 14.1. The van der Waals surface area contributed by atoms with Crippen molar-refractivity contribution in [2.24, 2.45) is 0 Å². The highest BCUT2D eigenvalue weighted by molar-refractivity contribution is 6.22. The van der Waals surface area contributed by atoms with Crippen LogP contribution in [-0.2, 0) is 17.8 Å².